The van der Waals surface area contributed by atoms with Crippen molar-refractivity contribution in [3.05, 3.63) is 50.8 Å². The average molecular weight is 323 g/mol. The highest BCUT2D eigenvalue weighted by Crippen LogP contribution is 2.21. The van der Waals surface area contributed by atoms with E-state index in [1.807, 2.05) is 24.6 Å². The van der Waals surface area contributed by atoms with Gasteiger partial charge in [-0.3, -0.25) is 4.68 Å². The van der Waals surface area contributed by atoms with E-state index in [-0.39, 0.29) is 5.56 Å². The molecule has 5 heteroatoms. The summed E-state index contributed by atoms with van der Waals surface area (Å²) in [5.41, 5.74) is 4.64. The molecule has 0 aliphatic rings. The third-order valence-electron chi connectivity index (χ3n) is 3.36. The van der Waals surface area contributed by atoms with E-state index in [1.165, 1.54) is 5.56 Å². The molecule has 100 valence electrons. The summed E-state index contributed by atoms with van der Waals surface area (Å²) < 4.78 is 2.73. The molecule has 0 aliphatic heterocycles. The van der Waals surface area contributed by atoms with E-state index >= 15 is 0 Å². The summed E-state index contributed by atoms with van der Waals surface area (Å²) in [4.78, 5) is 10.9. The molecular weight excluding hydrogens is 308 g/mol. The highest BCUT2D eigenvalue weighted by atomic mass is 79.9. The molecule has 0 amide bonds. The van der Waals surface area contributed by atoms with Crippen LogP contribution in [0.15, 0.2) is 22.7 Å². The maximum Gasteiger partial charge on any atom is 0.335 e. The number of aromatic carboxylic acids is 1. The normalized spacial score (nSPS) is 10.7. The van der Waals surface area contributed by atoms with Gasteiger partial charge in [-0.1, -0.05) is 22.0 Å². The second kappa shape index (κ2) is 5.17. The Morgan fingerprint density at radius 3 is 2.53 bits per heavy atom. The second-order valence-corrected chi connectivity index (χ2v) is 5.42. The Bertz CT molecular complexity index is 647. The summed E-state index contributed by atoms with van der Waals surface area (Å²) in [7, 11) is 0. The van der Waals surface area contributed by atoms with Gasteiger partial charge in [-0.25, -0.2) is 4.79 Å². The van der Waals surface area contributed by atoms with Crippen molar-refractivity contribution in [2.45, 2.75) is 27.3 Å². The van der Waals surface area contributed by atoms with E-state index in [4.69, 9.17) is 5.11 Å². The number of carboxylic acids is 1. The van der Waals surface area contributed by atoms with Crippen molar-refractivity contribution in [2.24, 2.45) is 0 Å². The largest absolute Gasteiger partial charge is 0.478 e. The van der Waals surface area contributed by atoms with Gasteiger partial charge in [-0.2, -0.15) is 5.10 Å². The van der Waals surface area contributed by atoms with Crippen molar-refractivity contribution in [1.29, 1.82) is 0 Å². The van der Waals surface area contributed by atoms with Crippen LogP contribution < -0.4 is 0 Å². The van der Waals surface area contributed by atoms with E-state index in [0.29, 0.717) is 6.54 Å². The average Bonchev–Trinajstić information content (AvgIpc) is 2.59. The van der Waals surface area contributed by atoms with Crippen molar-refractivity contribution in [3.63, 3.8) is 0 Å². The molecule has 4 nitrogen and oxygen atoms in total. The molecule has 0 spiro atoms. The zero-order valence-electron chi connectivity index (χ0n) is 11.1. The van der Waals surface area contributed by atoms with E-state index in [2.05, 4.69) is 28.0 Å². The van der Waals surface area contributed by atoms with Crippen molar-refractivity contribution in [2.75, 3.05) is 0 Å². The predicted molar refractivity (Wildman–Crippen MR) is 76.6 cm³/mol. The molecule has 0 saturated heterocycles. The zero-order chi connectivity index (χ0) is 14.2. The molecule has 1 N–H and O–H groups in total. The molecule has 0 atom stereocenters. The van der Waals surface area contributed by atoms with Crippen LogP contribution >= 0.6 is 15.9 Å². The van der Waals surface area contributed by atoms with E-state index in [9.17, 15) is 4.79 Å². The van der Waals surface area contributed by atoms with Crippen LogP contribution in [0, 0.1) is 20.8 Å². The lowest BCUT2D eigenvalue weighted by Crippen LogP contribution is -2.06. The summed E-state index contributed by atoms with van der Waals surface area (Å²) in [6, 6.07) is 5.05. The number of hydrogen-bond donors (Lipinski definition) is 1. The molecule has 2 aromatic rings. The Hall–Kier alpha value is -1.62. The minimum Gasteiger partial charge on any atom is -0.478 e. The van der Waals surface area contributed by atoms with Gasteiger partial charge in [-0.15, -0.1) is 0 Å². The van der Waals surface area contributed by atoms with Crippen LogP contribution in [0.2, 0.25) is 0 Å². The van der Waals surface area contributed by atoms with Gasteiger partial charge in [-0.05, 0) is 44.0 Å². The quantitative estimate of drug-likeness (QED) is 0.943. The standard InChI is InChI=1S/C14H15BrN2O2/c1-8-9(2)16-17(10(8)3)7-12-5-4-11(14(18)19)6-13(12)15/h4-6H,7H2,1-3H3,(H,18,19). The van der Waals surface area contributed by atoms with Gasteiger partial charge >= 0.3 is 5.97 Å². The molecule has 1 aromatic carbocycles. The Balaban J connectivity index is 2.33. The molecule has 1 aromatic heterocycles. The lowest BCUT2D eigenvalue weighted by atomic mass is 10.1. The minimum atomic E-state index is -0.922. The molecule has 0 aliphatic carbocycles. The first-order chi connectivity index (χ1) is 8.90. The third kappa shape index (κ3) is 2.71. The van der Waals surface area contributed by atoms with Crippen molar-refractivity contribution in [1.82, 2.24) is 9.78 Å². The fraction of sp³-hybridized carbons (Fsp3) is 0.286. The van der Waals surface area contributed by atoms with E-state index in [1.54, 1.807) is 12.1 Å². The molecule has 0 fully saturated rings. The maximum atomic E-state index is 10.9. The zero-order valence-corrected chi connectivity index (χ0v) is 12.7. The topological polar surface area (TPSA) is 55.1 Å². The van der Waals surface area contributed by atoms with E-state index < -0.39 is 5.97 Å². The van der Waals surface area contributed by atoms with Gasteiger partial charge in [0, 0.05) is 10.2 Å². The number of aromatic nitrogens is 2. The predicted octanol–water partition coefficient (Wildman–Crippen LogP) is 3.32. The SMILES string of the molecule is Cc1nn(Cc2ccc(C(=O)O)cc2Br)c(C)c1C. The first-order valence-electron chi connectivity index (χ1n) is 5.92. The van der Waals surface area contributed by atoms with Crippen LogP contribution in [-0.4, -0.2) is 20.9 Å². The molecule has 0 unspecified atom stereocenters. The highest BCUT2D eigenvalue weighted by molar-refractivity contribution is 9.10. The number of nitrogens with zero attached hydrogens (tertiary/aromatic N) is 2. The summed E-state index contributed by atoms with van der Waals surface area (Å²) in [6.45, 7) is 6.70. The van der Waals surface area contributed by atoms with Gasteiger partial charge < -0.3 is 5.11 Å². The number of halogens is 1. The second-order valence-electron chi connectivity index (χ2n) is 4.56. The van der Waals surface area contributed by atoms with Gasteiger partial charge in [0.1, 0.15) is 0 Å². The van der Waals surface area contributed by atoms with E-state index in [0.717, 1.165) is 21.4 Å². The summed E-state index contributed by atoms with van der Waals surface area (Å²) in [6.07, 6.45) is 0. The monoisotopic (exact) mass is 322 g/mol. The molecule has 0 bridgehead atoms. The minimum absolute atomic E-state index is 0.278. The smallest absolute Gasteiger partial charge is 0.335 e. The summed E-state index contributed by atoms with van der Waals surface area (Å²) in [5, 5.41) is 13.4. The van der Waals surface area contributed by atoms with Gasteiger partial charge in [0.15, 0.2) is 0 Å². The first-order valence-corrected chi connectivity index (χ1v) is 6.71. The number of carboxylic acid groups (broad SMARTS) is 1. The van der Waals surface area contributed by atoms with Gasteiger partial charge in [0.05, 0.1) is 17.8 Å². The maximum absolute atomic E-state index is 10.9. The van der Waals surface area contributed by atoms with Crippen LogP contribution in [0.25, 0.3) is 0 Å². The van der Waals surface area contributed by atoms with Gasteiger partial charge in [0.25, 0.3) is 0 Å². The summed E-state index contributed by atoms with van der Waals surface area (Å²) >= 11 is 3.42. The molecule has 19 heavy (non-hydrogen) atoms. The first kappa shape index (κ1) is 13.8. The number of hydrogen-bond acceptors (Lipinski definition) is 2. The molecule has 2 rings (SSSR count). The molecular formula is C14H15BrN2O2. The van der Waals surface area contributed by atoms with Crippen LogP contribution in [0.4, 0.5) is 0 Å². The van der Waals surface area contributed by atoms with Crippen LogP contribution in [0.5, 0.6) is 0 Å². The highest BCUT2D eigenvalue weighted by Gasteiger charge is 2.11. The number of rotatable bonds is 3. The molecule has 0 radical (unpaired) electrons. The van der Waals surface area contributed by atoms with Crippen molar-refractivity contribution in [3.8, 4) is 0 Å². The third-order valence-corrected chi connectivity index (χ3v) is 4.10. The summed E-state index contributed by atoms with van der Waals surface area (Å²) in [5.74, 6) is -0.922. The van der Waals surface area contributed by atoms with Crippen molar-refractivity contribution >= 4 is 21.9 Å². The van der Waals surface area contributed by atoms with Crippen LogP contribution in [0.1, 0.15) is 32.9 Å². The fourth-order valence-corrected chi connectivity index (χ4v) is 2.41. The van der Waals surface area contributed by atoms with Crippen LogP contribution in [-0.2, 0) is 6.54 Å². The Labute approximate surface area is 120 Å². The molecule has 0 saturated carbocycles. The van der Waals surface area contributed by atoms with Gasteiger partial charge in [0.2, 0.25) is 0 Å². The lowest BCUT2D eigenvalue weighted by molar-refractivity contribution is 0.0697. The Morgan fingerprint density at radius 1 is 1.37 bits per heavy atom. The lowest BCUT2D eigenvalue weighted by Gasteiger charge is -2.08. The Morgan fingerprint density at radius 2 is 2.05 bits per heavy atom. The van der Waals surface area contributed by atoms with Crippen molar-refractivity contribution < 1.29 is 9.90 Å². The number of benzene rings is 1. The molecule has 1 heterocycles. The number of carbonyl (C=O) groups is 1. The van der Waals surface area contributed by atoms with Crippen LogP contribution in [0.3, 0.4) is 0 Å². The Kier molecular flexibility index (Phi) is 3.75. The number of aryl methyl sites for hydroxylation is 1. The fourth-order valence-electron chi connectivity index (χ4n) is 1.91.